The fourth-order valence-electron chi connectivity index (χ4n) is 3.40. The fraction of sp³-hybridized carbons (Fsp3) is 0.438. The zero-order valence-electron chi connectivity index (χ0n) is 13.1. The molecule has 0 spiro atoms. The van der Waals surface area contributed by atoms with Gasteiger partial charge in [-0.1, -0.05) is 6.07 Å². The minimum absolute atomic E-state index is 0.548. The SMILES string of the molecule is Cc1cccc2nc(CN3CCC[C@@](O)(c4cn[nH]n4)C3)cn12. The third-order valence-corrected chi connectivity index (χ3v) is 4.57. The van der Waals surface area contributed by atoms with Gasteiger partial charge in [-0.3, -0.25) is 4.90 Å². The number of hydrogen-bond acceptors (Lipinski definition) is 5. The standard InChI is InChI=1S/C16H20N6O/c1-12-4-2-5-15-18-13(10-22(12)15)9-21-7-3-6-16(23,11-21)14-8-17-20-19-14/h2,4-5,8,10,23H,3,6-7,9,11H2,1H3,(H,17,19,20)/t16-/m0/s1. The summed E-state index contributed by atoms with van der Waals surface area (Å²) in [5, 5.41) is 21.3. The number of aliphatic hydroxyl groups is 1. The predicted octanol–water partition coefficient (Wildman–Crippen LogP) is 1.24. The maximum Gasteiger partial charge on any atom is 0.137 e. The molecule has 0 saturated carbocycles. The lowest BCUT2D eigenvalue weighted by Gasteiger charge is -2.37. The van der Waals surface area contributed by atoms with Gasteiger partial charge in [-0.15, -0.1) is 0 Å². The topological polar surface area (TPSA) is 82.3 Å². The van der Waals surface area contributed by atoms with Gasteiger partial charge in [0.05, 0.1) is 11.9 Å². The van der Waals surface area contributed by atoms with Crippen molar-refractivity contribution in [2.45, 2.75) is 31.9 Å². The Morgan fingerprint density at radius 2 is 2.30 bits per heavy atom. The molecule has 0 unspecified atom stereocenters. The maximum absolute atomic E-state index is 10.9. The van der Waals surface area contributed by atoms with Crippen LogP contribution >= 0.6 is 0 Å². The van der Waals surface area contributed by atoms with Crippen LogP contribution < -0.4 is 0 Å². The van der Waals surface area contributed by atoms with E-state index in [2.05, 4.69) is 48.9 Å². The van der Waals surface area contributed by atoms with Gasteiger partial charge < -0.3 is 9.51 Å². The summed E-state index contributed by atoms with van der Waals surface area (Å²) < 4.78 is 2.10. The smallest absolute Gasteiger partial charge is 0.137 e. The van der Waals surface area contributed by atoms with Crippen LogP contribution in [-0.4, -0.2) is 47.9 Å². The first kappa shape index (κ1) is 14.3. The molecule has 0 radical (unpaired) electrons. The molecular formula is C16H20N6O. The van der Waals surface area contributed by atoms with Gasteiger partial charge in [0.25, 0.3) is 0 Å². The van der Waals surface area contributed by atoms with E-state index >= 15 is 0 Å². The van der Waals surface area contributed by atoms with E-state index in [0.29, 0.717) is 18.7 Å². The van der Waals surface area contributed by atoms with Gasteiger partial charge in [0, 0.05) is 25.0 Å². The maximum atomic E-state index is 10.9. The summed E-state index contributed by atoms with van der Waals surface area (Å²) in [6.07, 6.45) is 5.32. The fourth-order valence-corrected chi connectivity index (χ4v) is 3.40. The van der Waals surface area contributed by atoms with E-state index in [9.17, 15) is 5.11 Å². The Hall–Kier alpha value is -2.25. The lowest BCUT2D eigenvalue weighted by atomic mass is 9.90. The number of aryl methyl sites for hydroxylation is 1. The summed E-state index contributed by atoms with van der Waals surface area (Å²) in [5.74, 6) is 0. The first-order chi connectivity index (χ1) is 11.1. The Kier molecular flexibility index (Phi) is 3.39. The van der Waals surface area contributed by atoms with Gasteiger partial charge in [-0.2, -0.15) is 15.4 Å². The van der Waals surface area contributed by atoms with E-state index in [1.165, 1.54) is 5.69 Å². The number of aromatic nitrogens is 5. The molecule has 7 nitrogen and oxygen atoms in total. The summed E-state index contributed by atoms with van der Waals surface area (Å²) in [5.41, 5.74) is 2.83. The van der Waals surface area contributed by atoms with Gasteiger partial charge >= 0.3 is 0 Å². The van der Waals surface area contributed by atoms with Crippen molar-refractivity contribution in [2.75, 3.05) is 13.1 Å². The van der Waals surface area contributed by atoms with Crippen molar-refractivity contribution in [3.8, 4) is 0 Å². The molecular weight excluding hydrogens is 292 g/mol. The quantitative estimate of drug-likeness (QED) is 0.760. The molecule has 0 aromatic carbocycles. The van der Waals surface area contributed by atoms with E-state index in [0.717, 1.165) is 30.9 Å². The molecule has 4 rings (SSSR count). The predicted molar refractivity (Wildman–Crippen MR) is 84.7 cm³/mol. The molecule has 1 aliphatic rings. The van der Waals surface area contributed by atoms with Crippen molar-refractivity contribution in [1.82, 2.24) is 29.7 Å². The highest BCUT2D eigenvalue weighted by molar-refractivity contribution is 5.41. The molecule has 1 atom stereocenters. The van der Waals surface area contributed by atoms with Gasteiger partial charge in [0.15, 0.2) is 0 Å². The summed E-state index contributed by atoms with van der Waals surface area (Å²) in [4.78, 5) is 6.92. The number of imidazole rings is 1. The Morgan fingerprint density at radius 1 is 1.39 bits per heavy atom. The molecule has 0 bridgehead atoms. The van der Waals surface area contributed by atoms with Crippen LogP contribution in [-0.2, 0) is 12.1 Å². The van der Waals surface area contributed by atoms with E-state index in [4.69, 9.17) is 0 Å². The van der Waals surface area contributed by atoms with E-state index in [1.807, 2.05) is 12.1 Å². The Morgan fingerprint density at radius 3 is 3.09 bits per heavy atom. The van der Waals surface area contributed by atoms with Crippen molar-refractivity contribution in [3.63, 3.8) is 0 Å². The van der Waals surface area contributed by atoms with Crippen molar-refractivity contribution >= 4 is 5.65 Å². The number of aromatic amines is 1. The number of nitrogens with one attached hydrogen (secondary N) is 1. The van der Waals surface area contributed by atoms with Gasteiger partial charge in [-0.05, 0) is 38.4 Å². The minimum atomic E-state index is -0.930. The largest absolute Gasteiger partial charge is 0.382 e. The number of piperidine rings is 1. The summed E-state index contributed by atoms with van der Waals surface area (Å²) in [6.45, 7) is 4.29. The average molecular weight is 312 g/mol. The van der Waals surface area contributed by atoms with Crippen LogP contribution in [0.15, 0.2) is 30.6 Å². The van der Waals surface area contributed by atoms with E-state index in [-0.39, 0.29) is 0 Å². The molecule has 1 fully saturated rings. The molecule has 3 aromatic rings. The van der Waals surface area contributed by atoms with Crippen molar-refractivity contribution in [2.24, 2.45) is 0 Å². The first-order valence-corrected chi connectivity index (χ1v) is 7.89. The molecule has 7 heteroatoms. The zero-order chi connectivity index (χ0) is 15.9. The molecule has 4 heterocycles. The number of rotatable bonds is 3. The monoisotopic (exact) mass is 312 g/mol. The van der Waals surface area contributed by atoms with Crippen LogP contribution in [0.5, 0.6) is 0 Å². The van der Waals surface area contributed by atoms with Gasteiger partial charge in [-0.25, -0.2) is 4.98 Å². The number of pyridine rings is 1. The Labute approximate surface area is 134 Å². The number of β-amino-alcohol motifs (C(OH)–C–C–N with tert-alkyl or cyclic N) is 1. The lowest BCUT2D eigenvalue weighted by Crippen LogP contribution is -2.46. The highest BCUT2D eigenvalue weighted by Gasteiger charge is 2.37. The summed E-state index contributed by atoms with van der Waals surface area (Å²) in [7, 11) is 0. The second-order valence-corrected chi connectivity index (χ2v) is 6.33. The Bertz CT molecular complexity index is 811. The van der Waals surface area contributed by atoms with Crippen LogP contribution in [0.2, 0.25) is 0 Å². The molecule has 3 aromatic heterocycles. The number of hydrogen-bond donors (Lipinski definition) is 2. The second kappa shape index (κ2) is 5.43. The zero-order valence-corrected chi connectivity index (χ0v) is 13.1. The second-order valence-electron chi connectivity index (χ2n) is 6.33. The van der Waals surface area contributed by atoms with Gasteiger partial charge in [0.1, 0.15) is 16.9 Å². The average Bonchev–Trinajstić information content (AvgIpc) is 3.17. The molecule has 23 heavy (non-hydrogen) atoms. The molecule has 120 valence electrons. The molecule has 0 amide bonds. The lowest BCUT2D eigenvalue weighted by molar-refractivity contribution is -0.0416. The first-order valence-electron chi connectivity index (χ1n) is 7.89. The van der Waals surface area contributed by atoms with Crippen molar-refractivity contribution in [1.29, 1.82) is 0 Å². The van der Waals surface area contributed by atoms with Crippen LogP contribution in [0, 0.1) is 6.92 Å². The van der Waals surface area contributed by atoms with E-state index in [1.54, 1.807) is 6.20 Å². The summed E-state index contributed by atoms with van der Waals surface area (Å²) in [6, 6.07) is 6.10. The number of likely N-dealkylation sites (tertiary alicyclic amines) is 1. The normalized spacial score (nSPS) is 22.7. The van der Waals surface area contributed by atoms with Crippen LogP contribution in [0.25, 0.3) is 5.65 Å². The van der Waals surface area contributed by atoms with Crippen LogP contribution in [0.3, 0.4) is 0 Å². The molecule has 0 aliphatic carbocycles. The van der Waals surface area contributed by atoms with Crippen molar-refractivity contribution in [3.05, 3.63) is 47.7 Å². The Balaban J connectivity index is 1.55. The molecule has 2 N–H and O–H groups in total. The van der Waals surface area contributed by atoms with E-state index < -0.39 is 5.60 Å². The molecule has 1 aliphatic heterocycles. The number of H-pyrrole nitrogens is 1. The number of fused-ring (bicyclic) bond motifs is 1. The summed E-state index contributed by atoms with van der Waals surface area (Å²) >= 11 is 0. The minimum Gasteiger partial charge on any atom is -0.382 e. The highest BCUT2D eigenvalue weighted by atomic mass is 16.3. The van der Waals surface area contributed by atoms with Crippen LogP contribution in [0.4, 0.5) is 0 Å². The third kappa shape index (κ3) is 2.62. The van der Waals surface area contributed by atoms with Crippen molar-refractivity contribution < 1.29 is 5.11 Å². The third-order valence-electron chi connectivity index (χ3n) is 4.57. The van der Waals surface area contributed by atoms with Crippen LogP contribution in [0.1, 0.15) is 29.9 Å². The molecule has 1 saturated heterocycles. The number of nitrogens with zero attached hydrogens (tertiary/aromatic N) is 5. The highest BCUT2D eigenvalue weighted by Crippen LogP contribution is 2.30. The van der Waals surface area contributed by atoms with Gasteiger partial charge in [0.2, 0.25) is 0 Å².